The Morgan fingerprint density at radius 3 is 2.46 bits per heavy atom. The molecule has 1 N–H and O–H groups in total. The van der Waals surface area contributed by atoms with Crippen LogP contribution in [0.25, 0.3) is 0 Å². The van der Waals surface area contributed by atoms with Gasteiger partial charge in [-0.15, -0.1) is 0 Å². The van der Waals surface area contributed by atoms with Crippen LogP contribution in [0.5, 0.6) is 0 Å². The van der Waals surface area contributed by atoms with Gasteiger partial charge in [0.15, 0.2) is 5.11 Å². The van der Waals surface area contributed by atoms with Crippen molar-refractivity contribution in [2.75, 3.05) is 31.5 Å². The molecule has 0 unspecified atom stereocenters. The summed E-state index contributed by atoms with van der Waals surface area (Å²) in [7, 11) is 0. The van der Waals surface area contributed by atoms with Crippen molar-refractivity contribution in [1.29, 1.82) is 0 Å². The molecule has 0 bridgehead atoms. The van der Waals surface area contributed by atoms with E-state index in [1.165, 1.54) is 6.07 Å². The van der Waals surface area contributed by atoms with Gasteiger partial charge >= 0.3 is 0 Å². The van der Waals surface area contributed by atoms with Gasteiger partial charge < -0.3 is 10.2 Å². The maximum Gasteiger partial charge on any atom is 0.173 e. The normalized spacial score (nSPS) is 15.2. The molecule has 2 aromatic rings. The summed E-state index contributed by atoms with van der Waals surface area (Å²) in [5.74, 6) is -0.392. The molecule has 2 aromatic carbocycles. The number of hydrogen-bond donors (Lipinski definition) is 1. The lowest BCUT2D eigenvalue weighted by Gasteiger charge is -2.36. The fourth-order valence-electron chi connectivity index (χ4n) is 2.80. The van der Waals surface area contributed by atoms with Crippen LogP contribution < -0.4 is 5.32 Å². The van der Waals surface area contributed by atoms with E-state index in [1.54, 1.807) is 18.2 Å². The molecule has 1 saturated heterocycles. The molecule has 1 aliphatic heterocycles. The zero-order valence-electron chi connectivity index (χ0n) is 13.8. The van der Waals surface area contributed by atoms with Gasteiger partial charge in [0.1, 0.15) is 5.82 Å². The van der Waals surface area contributed by atoms with E-state index < -0.39 is 5.82 Å². The lowest BCUT2D eigenvalue weighted by molar-refractivity contribution is 0.177. The van der Waals surface area contributed by atoms with Crippen molar-refractivity contribution in [3.05, 3.63) is 62.8 Å². The summed E-state index contributed by atoms with van der Waals surface area (Å²) in [6.45, 7) is 4.01. The molecule has 138 valence electrons. The van der Waals surface area contributed by atoms with E-state index in [2.05, 4.69) is 15.1 Å². The molecule has 0 saturated carbocycles. The molecule has 1 aliphatic rings. The van der Waals surface area contributed by atoms with E-state index in [0.29, 0.717) is 20.8 Å². The Balaban J connectivity index is 1.53. The quantitative estimate of drug-likeness (QED) is 0.663. The van der Waals surface area contributed by atoms with Crippen molar-refractivity contribution in [1.82, 2.24) is 9.80 Å². The first kappa shape index (κ1) is 19.6. The third kappa shape index (κ3) is 4.78. The van der Waals surface area contributed by atoms with Gasteiger partial charge in [-0.1, -0.05) is 46.9 Å². The Labute approximate surface area is 172 Å². The summed E-state index contributed by atoms with van der Waals surface area (Å²) in [5.41, 5.74) is 1.70. The second kappa shape index (κ2) is 8.72. The van der Waals surface area contributed by atoms with Crippen molar-refractivity contribution < 1.29 is 4.39 Å². The van der Waals surface area contributed by atoms with Crippen molar-refractivity contribution in [2.45, 2.75) is 6.54 Å². The summed E-state index contributed by atoms with van der Waals surface area (Å²) in [6, 6.07) is 10.2. The fourth-order valence-corrected chi connectivity index (χ4v) is 3.64. The van der Waals surface area contributed by atoms with Crippen LogP contribution in [-0.4, -0.2) is 41.1 Å². The van der Waals surface area contributed by atoms with Crippen LogP contribution in [0.4, 0.5) is 10.1 Å². The summed E-state index contributed by atoms with van der Waals surface area (Å²) < 4.78 is 13.3. The molecule has 0 atom stereocenters. The zero-order valence-corrected chi connectivity index (χ0v) is 16.9. The first-order chi connectivity index (χ1) is 12.4. The summed E-state index contributed by atoms with van der Waals surface area (Å²) in [5, 5.41) is 4.89. The van der Waals surface area contributed by atoms with Crippen LogP contribution >= 0.6 is 47.0 Å². The zero-order chi connectivity index (χ0) is 18.7. The minimum Gasteiger partial charge on any atom is -0.346 e. The van der Waals surface area contributed by atoms with E-state index in [1.807, 2.05) is 12.1 Å². The molecule has 0 radical (unpaired) electrons. The summed E-state index contributed by atoms with van der Waals surface area (Å²) in [4.78, 5) is 4.38. The van der Waals surface area contributed by atoms with Gasteiger partial charge in [-0.2, -0.15) is 0 Å². The molecule has 0 aliphatic carbocycles. The molecule has 0 spiro atoms. The van der Waals surface area contributed by atoms with Crippen LogP contribution in [0.1, 0.15) is 5.56 Å². The number of nitrogens with zero attached hydrogens (tertiary/aromatic N) is 2. The number of anilines is 1. The smallest absolute Gasteiger partial charge is 0.173 e. The van der Waals surface area contributed by atoms with Gasteiger partial charge in [-0.25, -0.2) is 4.39 Å². The summed E-state index contributed by atoms with van der Waals surface area (Å²) in [6.07, 6.45) is 0. The third-order valence-electron chi connectivity index (χ3n) is 4.24. The van der Waals surface area contributed by atoms with Crippen LogP contribution in [0, 0.1) is 5.82 Å². The van der Waals surface area contributed by atoms with E-state index >= 15 is 0 Å². The highest BCUT2D eigenvalue weighted by Crippen LogP contribution is 2.29. The lowest BCUT2D eigenvalue weighted by Crippen LogP contribution is -2.49. The van der Waals surface area contributed by atoms with E-state index in [4.69, 9.17) is 47.0 Å². The number of benzene rings is 2. The minimum absolute atomic E-state index is 0.157. The van der Waals surface area contributed by atoms with E-state index in [-0.39, 0.29) is 5.02 Å². The number of piperazine rings is 1. The third-order valence-corrected chi connectivity index (χ3v) is 5.71. The van der Waals surface area contributed by atoms with Crippen molar-refractivity contribution in [3.8, 4) is 0 Å². The monoisotopic (exact) mass is 431 g/mol. The molecule has 3 rings (SSSR count). The molecule has 3 nitrogen and oxygen atoms in total. The van der Waals surface area contributed by atoms with Crippen molar-refractivity contribution in [3.63, 3.8) is 0 Å². The molecule has 0 aromatic heterocycles. The van der Waals surface area contributed by atoms with Crippen LogP contribution in [0.15, 0.2) is 36.4 Å². The number of halogens is 4. The standard InChI is InChI=1S/C18H17Cl3FN3S/c19-13-2-1-3-16(17(13)21)23-18(26)25-8-6-24(7-9-25)11-12-4-5-15(22)14(20)10-12/h1-5,10H,6-9,11H2,(H,23,26). The first-order valence-corrected chi connectivity index (χ1v) is 9.64. The predicted octanol–water partition coefficient (Wildman–Crippen LogP) is 5.30. The number of rotatable bonds is 3. The molecular formula is C18H17Cl3FN3S. The molecule has 26 heavy (non-hydrogen) atoms. The number of hydrogen-bond acceptors (Lipinski definition) is 2. The topological polar surface area (TPSA) is 18.5 Å². The Hall–Kier alpha value is -1.11. The highest BCUT2D eigenvalue weighted by Gasteiger charge is 2.20. The van der Waals surface area contributed by atoms with Gasteiger partial charge in [-0.05, 0) is 42.0 Å². The molecular weight excluding hydrogens is 416 g/mol. The van der Waals surface area contributed by atoms with Crippen LogP contribution in [0.2, 0.25) is 15.1 Å². The highest BCUT2D eigenvalue weighted by molar-refractivity contribution is 7.80. The predicted molar refractivity (Wildman–Crippen MR) is 111 cm³/mol. The maximum absolute atomic E-state index is 13.3. The fraction of sp³-hybridized carbons (Fsp3) is 0.278. The van der Waals surface area contributed by atoms with E-state index in [0.717, 1.165) is 38.3 Å². The second-order valence-corrected chi connectivity index (χ2v) is 7.62. The number of thiocarbonyl (C=S) groups is 1. The van der Waals surface area contributed by atoms with Crippen molar-refractivity contribution >= 4 is 57.8 Å². The molecule has 1 fully saturated rings. The van der Waals surface area contributed by atoms with Crippen LogP contribution in [0.3, 0.4) is 0 Å². The Morgan fingerprint density at radius 1 is 1.04 bits per heavy atom. The summed E-state index contributed by atoms with van der Waals surface area (Å²) >= 11 is 23.6. The maximum atomic E-state index is 13.3. The van der Waals surface area contributed by atoms with Crippen molar-refractivity contribution in [2.24, 2.45) is 0 Å². The minimum atomic E-state index is -0.392. The Bertz CT molecular complexity index is 810. The van der Waals surface area contributed by atoms with Gasteiger partial charge in [0.25, 0.3) is 0 Å². The molecule has 8 heteroatoms. The van der Waals surface area contributed by atoms with E-state index in [9.17, 15) is 4.39 Å². The Morgan fingerprint density at radius 2 is 1.77 bits per heavy atom. The molecule has 1 heterocycles. The largest absolute Gasteiger partial charge is 0.346 e. The first-order valence-electron chi connectivity index (χ1n) is 8.10. The van der Waals surface area contributed by atoms with Gasteiger partial charge in [-0.3, -0.25) is 4.90 Å². The average Bonchev–Trinajstić information content (AvgIpc) is 2.63. The highest BCUT2D eigenvalue weighted by atomic mass is 35.5. The average molecular weight is 433 g/mol. The lowest BCUT2D eigenvalue weighted by atomic mass is 10.2. The van der Waals surface area contributed by atoms with Gasteiger partial charge in [0.2, 0.25) is 0 Å². The second-order valence-electron chi connectivity index (χ2n) is 6.04. The van der Waals surface area contributed by atoms with Crippen LogP contribution in [-0.2, 0) is 6.54 Å². The Kier molecular flexibility index (Phi) is 6.59. The molecule has 0 amide bonds. The van der Waals surface area contributed by atoms with Gasteiger partial charge in [0.05, 0.1) is 20.8 Å². The van der Waals surface area contributed by atoms with Gasteiger partial charge in [0, 0.05) is 32.7 Å². The number of nitrogens with one attached hydrogen (secondary N) is 1. The SMILES string of the molecule is Fc1ccc(CN2CCN(C(=S)Nc3cccc(Cl)c3Cl)CC2)cc1Cl.